The minimum Gasteiger partial charge on any atom is -0.478 e. The summed E-state index contributed by atoms with van der Waals surface area (Å²) in [7, 11) is 0. The molecule has 0 aliphatic rings. The summed E-state index contributed by atoms with van der Waals surface area (Å²) in [4.78, 5) is 23.5. The second-order valence-corrected chi connectivity index (χ2v) is 6.34. The normalized spacial score (nSPS) is 10.8. The molecular formula is C23H16O6. The van der Waals surface area contributed by atoms with Crippen LogP contribution in [-0.4, -0.2) is 28.9 Å². The third-order valence-electron chi connectivity index (χ3n) is 4.64. The summed E-state index contributed by atoms with van der Waals surface area (Å²) in [6.45, 7) is -0.336. The topological polar surface area (TPSA) is 93.1 Å². The van der Waals surface area contributed by atoms with E-state index in [1.165, 1.54) is 0 Å². The van der Waals surface area contributed by atoms with Gasteiger partial charge in [0, 0.05) is 0 Å². The largest absolute Gasteiger partial charge is 0.478 e. The number of carboxylic acids is 2. The van der Waals surface area contributed by atoms with Crippen LogP contribution in [0.25, 0.3) is 21.5 Å². The predicted molar refractivity (Wildman–Crippen MR) is 108 cm³/mol. The summed E-state index contributed by atoms with van der Waals surface area (Å²) in [6, 6.07) is 20.8. The standard InChI is InChI=1S/C23H16O6/c24-22(25)20-16-7-3-1-5-14(16)9-11-18(20)28-13-29-19-12-10-15-6-2-4-8-17(15)21(19)23(26)27/h1-12H,13H2,(H,24,25)(H,26,27). The molecule has 0 bridgehead atoms. The van der Waals surface area contributed by atoms with E-state index >= 15 is 0 Å². The van der Waals surface area contributed by atoms with Gasteiger partial charge in [-0.05, 0) is 33.7 Å². The Morgan fingerprint density at radius 1 is 0.621 bits per heavy atom. The Morgan fingerprint density at radius 3 is 1.45 bits per heavy atom. The Balaban J connectivity index is 1.63. The average Bonchev–Trinajstić information content (AvgIpc) is 2.72. The van der Waals surface area contributed by atoms with E-state index in [0.717, 1.165) is 10.8 Å². The van der Waals surface area contributed by atoms with Crippen molar-refractivity contribution in [1.82, 2.24) is 0 Å². The van der Waals surface area contributed by atoms with Crippen LogP contribution in [0.2, 0.25) is 0 Å². The highest BCUT2D eigenvalue weighted by Gasteiger charge is 2.18. The average molecular weight is 388 g/mol. The number of rotatable bonds is 6. The molecule has 0 aliphatic heterocycles. The Labute approximate surface area is 165 Å². The molecule has 0 amide bonds. The lowest BCUT2D eigenvalue weighted by Crippen LogP contribution is -2.12. The highest BCUT2D eigenvalue weighted by Crippen LogP contribution is 2.30. The maximum absolute atomic E-state index is 11.8. The van der Waals surface area contributed by atoms with Gasteiger partial charge in [0.25, 0.3) is 0 Å². The first-order valence-electron chi connectivity index (χ1n) is 8.82. The van der Waals surface area contributed by atoms with Crippen LogP contribution in [0.5, 0.6) is 11.5 Å². The van der Waals surface area contributed by atoms with E-state index in [2.05, 4.69) is 0 Å². The van der Waals surface area contributed by atoms with Gasteiger partial charge in [0.15, 0.2) is 0 Å². The van der Waals surface area contributed by atoms with Gasteiger partial charge in [0.2, 0.25) is 6.79 Å². The molecule has 0 spiro atoms. The van der Waals surface area contributed by atoms with E-state index < -0.39 is 11.9 Å². The number of benzene rings is 4. The first kappa shape index (κ1) is 18.3. The summed E-state index contributed by atoms with van der Waals surface area (Å²) < 4.78 is 11.1. The van der Waals surface area contributed by atoms with Crippen molar-refractivity contribution in [1.29, 1.82) is 0 Å². The molecule has 0 fully saturated rings. The molecule has 4 aromatic rings. The highest BCUT2D eigenvalue weighted by molar-refractivity contribution is 6.07. The van der Waals surface area contributed by atoms with Gasteiger partial charge in [-0.2, -0.15) is 0 Å². The van der Waals surface area contributed by atoms with Crippen molar-refractivity contribution in [2.24, 2.45) is 0 Å². The first-order chi connectivity index (χ1) is 14.1. The van der Waals surface area contributed by atoms with Crippen LogP contribution in [0.15, 0.2) is 72.8 Å². The molecular weight excluding hydrogens is 372 g/mol. The van der Waals surface area contributed by atoms with E-state index in [9.17, 15) is 19.8 Å². The summed E-state index contributed by atoms with van der Waals surface area (Å²) in [5.74, 6) is -1.94. The number of hydrogen-bond acceptors (Lipinski definition) is 4. The second-order valence-electron chi connectivity index (χ2n) is 6.34. The first-order valence-corrected chi connectivity index (χ1v) is 8.82. The number of carbonyl (C=O) groups is 2. The van der Waals surface area contributed by atoms with Crippen LogP contribution >= 0.6 is 0 Å². The van der Waals surface area contributed by atoms with Gasteiger partial charge in [-0.25, -0.2) is 9.59 Å². The zero-order valence-electron chi connectivity index (χ0n) is 15.2. The fraction of sp³-hybridized carbons (Fsp3) is 0.0435. The summed E-state index contributed by atoms with van der Waals surface area (Å²) in [6.07, 6.45) is 0. The highest BCUT2D eigenvalue weighted by atomic mass is 16.7. The smallest absolute Gasteiger partial charge is 0.340 e. The Morgan fingerprint density at radius 2 is 1.03 bits per heavy atom. The lowest BCUT2D eigenvalue weighted by Gasteiger charge is -2.14. The SMILES string of the molecule is O=C(O)c1c(OCOc2ccc3ccccc3c2C(=O)O)ccc2ccccc12. The van der Waals surface area contributed by atoms with Crippen LogP contribution in [0.1, 0.15) is 20.7 Å². The van der Waals surface area contributed by atoms with Crippen LogP contribution in [-0.2, 0) is 0 Å². The predicted octanol–water partition coefficient (Wildman–Crippen LogP) is 4.80. The molecule has 29 heavy (non-hydrogen) atoms. The van der Waals surface area contributed by atoms with Gasteiger partial charge in [0.05, 0.1) is 0 Å². The van der Waals surface area contributed by atoms with Crippen LogP contribution in [0.4, 0.5) is 0 Å². The van der Waals surface area contributed by atoms with E-state index in [4.69, 9.17) is 9.47 Å². The van der Waals surface area contributed by atoms with Gasteiger partial charge in [-0.3, -0.25) is 0 Å². The fourth-order valence-corrected chi connectivity index (χ4v) is 3.34. The van der Waals surface area contributed by atoms with Gasteiger partial charge >= 0.3 is 11.9 Å². The van der Waals surface area contributed by atoms with Crippen LogP contribution in [0, 0.1) is 0 Å². The van der Waals surface area contributed by atoms with Gasteiger partial charge in [-0.1, -0.05) is 60.7 Å². The summed E-state index contributed by atoms with van der Waals surface area (Å²) in [5.41, 5.74) is 0.0624. The third-order valence-corrected chi connectivity index (χ3v) is 4.64. The molecule has 6 heteroatoms. The van der Waals surface area contributed by atoms with Crippen molar-refractivity contribution in [2.75, 3.05) is 6.79 Å². The zero-order chi connectivity index (χ0) is 20.4. The Hall–Kier alpha value is -4.06. The maximum Gasteiger partial charge on any atom is 0.340 e. The number of carboxylic acid groups (broad SMARTS) is 2. The number of fused-ring (bicyclic) bond motifs is 2. The van der Waals surface area contributed by atoms with Crippen molar-refractivity contribution in [3.63, 3.8) is 0 Å². The molecule has 0 radical (unpaired) electrons. The molecule has 0 atom stereocenters. The Bertz CT molecular complexity index is 1150. The van der Waals surface area contributed by atoms with Gasteiger partial charge in [0.1, 0.15) is 22.6 Å². The molecule has 0 unspecified atom stereocenters. The summed E-state index contributed by atoms with van der Waals surface area (Å²) in [5, 5.41) is 21.9. The monoisotopic (exact) mass is 388 g/mol. The molecule has 2 N–H and O–H groups in total. The maximum atomic E-state index is 11.8. The minimum absolute atomic E-state index is 0.0312. The fourth-order valence-electron chi connectivity index (χ4n) is 3.34. The van der Waals surface area contributed by atoms with Gasteiger partial charge in [-0.15, -0.1) is 0 Å². The number of aromatic carboxylic acids is 2. The number of hydrogen-bond donors (Lipinski definition) is 2. The van der Waals surface area contributed by atoms with Crippen molar-refractivity contribution in [3.05, 3.63) is 83.9 Å². The van der Waals surface area contributed by atoms with Crippen LogP contribution < -0.4 is 9.47 Å². The molecule has 0 saturated heterocycles. The molecule has 0 aromatic heterocycles. The Kier molecular flexibility index (Phi) is 4.75. The lowest BCUT2D eigenvalue weighted by molar-refractivity contribution is 0.0683. The minimum atomic E-state index is -1.12. The lowest BCUT2D eigenvalue weighted by atomic mass is 10.0. The van der Waals surface area contributed by atoms with Crippen molar-refractivity contribution in [2.45, 2.75) is 0 Å². The van der Waals surface area contributed by atoms with Crippen LogP contribution in [0.3, 0.4) is 0 Å². The molecule has 6 nitrogen and oxygen atoms in total. The zero-order valence-corrected chi connectivity index (χ0v) is 15.2. The number of ether oxygens (including phenoxy) is 2. The van der Waals surface area contributed by atoms with Crippen molar-refractivity contribution in [3.8, 4) is 11.5 Å². The van der Waals surface area contributed by atoms with E-state index in [1.54, 1.807) is 48.5 Å². The van der Waals surface area contributed by atoms with E-state index in [1.807, 2.05) is 24.3 Å². The molecule has 144 valence electrons. The molecule has 4 aromatic carbocycles. The summed E-state index contributed by atoms with van der Waals surface area (Å²) >= 11 is 0. The second kappa shape index (κ2) is 7.52. The third kappa shape index (κ3) is 3.43. The molecule has 0 saturated carbocycles. The van der Waals surface area contributed by atoms with Gasteiger partial charge < -0.3 is 19.7 Å². The molecule has 0 heterocycles. The van der Waals surface area contributed by atoms with Crippen molar-refractivity contribution < 1.29 is 29.3 Å². The van der Waals surface area contributed by atoms with E-state index in [-0.39, 0.29) is 29.4 Å². The van der Waals surface area contributed by atoms with Crippen molar-refractivity contribution >= 4 is 33.5 Å². The van der Waals surface area contributed by atoms with E-state index in [0.29, 0.717) is 10.8 Å². The molecule has 4 rings (SSSR count). The molecule has 0 aliphatic carbocycles. The quantitative estimate of drug-likeness (QED) is 0.461.